The van der Waals surface area contributed by atoms with E-state index in [0.717, 1.165) is 17.7 Å². The number of benzene rings is 2. The van der Waals surface area contributed by atoms with Crippen LogP contribution in [-0.2, 0) is 11.3 Å². The first-order chi connectivity index (χ1) is 14.5. The molecule has 1 amide bonds. The summed E-state index contributed by atoms with van der Waals surface area (Å²) >= 11 is 6.20. The standard InChI is InChI=1S/C23H26ClN3O3/c1-4-12-27(22(28)11-13-29-20-10-9-16(2)14-17(20)3)15-21-25-26-23(30-21)18-7-5-6-8-19(18)24/h5-10,14H,4,11-13,15H2,1-3H3. The van der Waals surface area contributed by atoms with Crippen LogP contribution in [-0.4, -0.2) is 34.2 Å². The van der Waals surface area contributed by atoms with Gasteiger partial charge in [0.1, 0.15) is 5.75 Å². The first-order valence-corrected chi connectivity index (χ1v) is 10.4. The Bertz CT molecular complexity index is 1000. The number of nitrogens with zero attached hydrogens (tertiary/aromatic N) is 3. The maximum atomic E-state index is 12.7. The molecule has 0 spiro atoms. The summed E-state index contributed by atoms with van der Waals surface area (Å²) in [7, 11) is 0. The molecule has 0 saturated heterocycles. The van der Waals surface area contributed by atoms with E-state index < -0.39 is 0 Å². The van der Waals surface area contributed by atoms with Crippen LogP contribution in [0.1, 0.15) is 36.8 Å². The first-order valence-electron chi connectivity index (χ1n) is 10.0. The molecule has 2 aromatic carbocycles. The number of rotatable bonds is 9. The molecule has 0 aliphatic carbocycles. The van der Waals surface area contributed by atoms with Gasteiger partial charge in [0.25, 0.3) is 0 Å². The van der Waals surface area contributed by atoms with Gasteiger partial charge in [0.2, 0.25) is 17.7 Å². The largest absolute Gasteiger partial charge is 0.493 e. The van der Waals surface area contributed by atoms with Gasteiger partial charge < -0.3 is 14.1 Å². The predicted octanol–water partition coefficient (Wildman–Crippen LogP) is 5.21. The topological polar surface area (TPSA) is 68.5 Å². The van der Waals surface area contributed by atoms with Crippen LogP contribution in [0.3, 0.4) is 0 Å². The van der Waals surface area contributed by atoms with Gasteiger partial charge >= 0.3 is 0 Å². The highest BCUT2D eigenvalue weighted by molar-refractivity contribution is 6.33. The molecule has 30 heavy (non-hydrogen) atoms. The molecule has 0 bridgehead atoms. The maximum Gasteiger partial charge on any atom is 0.249 e. The Balaban J connectivity index is 1.60. The van der Waals surface area contributed by atoms with Crippen LogP contribution >= 0.6 is 11.6 Å². The number of aryl methyl sites for hydroxylation is 2. The summed E-state index contributed by atoms with van der Waals surface area (Å²) in [6.07, 6.45) is 1.11. The second kappa shape index (κ2) is 10.3. The molecule has 0 N–H and O–H groups in total. The maximum absolute atomic E-state index is 12.7. The van der Waals surface area contributed by atoms with Crippen molar-refractivity contribution < 1.29 is 13.9 Å². The Kier molecular flexibility index (Phi) is 7.46. The van der Waals surface area contributed by atoms with E-state index in [4.69, 9.17) is 20.8 Å². The fourth-order valence-electron chi connectivity index (χ4n) is 3.15. The Labute approximate surface area is 181 Å². The molecule has 1 aromatic heterocycles. The summed E-state index contributed by atoms with van der Waals surface area (Å²) in [5.74, 6) is 1.51. The molecule has 158 valence electrons. The normalized spacial score (nSPS) is 10.8. The van der Waals surface area contributed by atoms with Gasteiger partial charge in [-0.25, -0.2) is 0 Å². The van der Waals surface area contributed by atoms with Gasteiger partial charge in [-0.2, -0.15) is 0 Å². The first kappa shape index (κ1) is 21.8. The van der Waals surface area contributed by atoms with Crippen LogP contribution in [0.25, 0.3) is 11.5 Å². The van der Waals surface area contributed by atoms with Crippen LogP contribution < -0.4 is 4.74 Å². The summed E-state index contributed by atoms with van der Waals surface area (Å²) in [4.78, 5) is 14.5. The molecule has 0 aliphatic heterocycles. The lowest BCUT2D eigenvalue weighted by Gasteiger charge is -2.20. The minimum absolute atomic E-state index is 0.0147. The lowest BCUT2D eigenvalue weighted by molar-refractivity contribution is -0.132. The summed E-state index contributed by atoms with van der Waals surface area (Å²) in [6, 6.07) is 13.3. The van der Waals surface area contributed by atoms with Gasteiger partial charge in [-0.3, -0.25) is 4.79 Å². The second-order valence-corrected chi connectivity index (χ2v) is 7.57. The third kappa shape index (κ3) is 5.60. The SMILES string of the molecule is CCCN(Cc1nnc(-c2ccccc2Cl)o1)C(=O)CCOc1ccc(C)cc1C. The smallest absolute Gasteiger partial charge is 0.249 e. The van der Waals surface area contributed by atoms with Crippen LogP contribution in [0.5, 0.6) is 5.75 Å². The second-order valence-electron chi connectivity index (χ2n) is 7.16. The number of carbonyl (C=O) groups excluding carboxylic acids is 1. The van der Waals surface area contributed by atoms with E-state index in [1.165, 1.54) is 5.56 Å². The molecule has 7 heteroatoms. The number of hydrogen-bond donors (Lipinski definition) is 0. The van der Waals surface area contributed by atoms with Gasteiger partial charge in [0.15, 0.2) is 0 Å². The third-order valence-electron chi connectivity index (χ3n) is 4.65. The fourth-order valence-corrected chi connectivity index (χ4v) is 3.37. The van der Waals surface area contributed by atoms with E-state index >= 15 is 0 Å². The fraction of sp³-hybridized carbons (Fsp3) is 0.348. The van der Waals surface area contributed by atoms with Crippen molar-refractivity contribution in [1.82, 2.24) is 15.1 Å². The quantitative estimate of drug-likeness (QED) is 0.468. The Morgan fingerprint density at radius 2 is 1.97 bits per heavy atom. The summed E-state index contributed by atoms with van der Waals surface area (Å²) in [6.45, 7) is 7.24. The van der Waals surface area contributed by atoms with Gasteiger partial charge in [-0.15, -0.1) is 10.2 Å². The highest BCUT2D eigenvalue weighted by Gasteiger charge is 2.18. The Morgan fingerprint density at radius 3 is 2.70 bits per heavy atom. The van der Waals surface area contributed by atoms with E-state index in [-0.39, 0.29) is 18.9 Å². The molecule has 1 heterocycles. The minimum atomic E-state index is -0.0147. The molecule has 0 aliphatic rings. The Hall–Kier alpha value is -2.86. The molecule has 0 radical (unpaired) electrons. The molecule has 3 aromatic rings. The molecule has 0 atom stereocenters. The van der Waals surface area contributed by atoms with E-state index in [1.54, 1.807) is 11.0 Å². The van der Waals surface area contributed by atoms with Gasteiger partial charge in [-0.05, 0) is 44.0 Å². The number of halogens is 1. The Morgan fingerprint density at radius 1 is 1.17 bits per heavy atom. The number of hydrogen-bond acceptors (Lipinski definition) is 5. The number of carbonyl (C=O) groups is 1. The van der Waals surface area contributed by atoms with Crippen LogP contribution in [0.2, 0.25) is 5.02 Å². The zero-order valence-electron chi connectivity index (χ0n) is 17.5. The number of amides is 1. The third-order valence-corrected chi connectivity index (χ3v) is 4.98. The average Bonchev–Trinajstić information content (AvgIpc) is 3.18. The highest BCUT2D eigenvalue weighted by atomic mass is 35.5. The van der Waals surface area contributed by atoms with Crippen molar-refractivity contribution in [2.45, 2.75) is 40.2 Å². The lowest BCUT2D eigenvalue weighted by atomic mass is 10.1. The molecule has 6 nitrogen and oxygen atoms in total. The summed E-state index contributed by atoms with van der Waals surface area (Å²) in [5.41, 5.74) is 2.92. The van der Waals surface area contributed by atoms with Crippen molar-refractivity contribution in [2.75, 3.05) is 13.2 Å². The zero-order valence-corrected chi connectivity index (χ0v) is 18.3. The van der Waals surface area contributed by atoms with Crippen LogP contribution in [0, 0.1) is 13.8 Å². The molecular weight excluding hydrogens is 402 g/mol. The molecule has 3 rings (SSSR count). The minimum Gasteiger partial charge on any atom is -0.493 e. The highest BCUT2D eigenvalue weighted by Crippen LogP contribution is 2.26. The molecule has 0 fully saturated rings. The van der Waals surface area contributed by atoms with Crippen molar-refractivity contribution in [3.05, 3.63) is 64.5 Å². The average molecular weight is 428 g/mol. The van der Waals surface area contributed by atoms with E-state index in [0.29, 0.717) is 35.5 Å². The summed E-state index contributed by atoms with van der Waals surface area (Å²) in [5, 5.41) is 8.70. The van der Waals surface area contributed by atoms with Crippen molar-refractivity contribution in [1.29, 1.82) is 0 Å². The van der Waals surface area contributed by atoms with Gasteiger partial charge in [0.05, 0.1) is 30.2 Å². The van der Waals surface area contributed by atoms with Gasteiger partial charge in [-0.1, -0.05) is 48.4 Å². The van der Waals surface area contributed by atoms with Crippen molar-refractivity contribution in [3.8, 4) is 17.2 Å². The van der Waals surface area contributed by atoms with Crippen LogP contribution in [0.4, 0.5) is 0 Å². The number of ether oxygens (including phenoxy) is 1. The zero-order chi connectivity index (χ0) is 21.5. The molecular formula is C23H26ClN3O3. The predicted molar refractivity (Wildman–Crippen MR) is 116 cm³/mol. The monoisotopic (exact) mass is 427 g/mol. The van der Waals surface area contributed by atoms with E-state index in [1.807, 2.05) is 51.1 Å². The van der Waals surface area contributed by atoms with Crippen molar-refractivity contribution in [3.63, 3.8) is 0 Å². The molecule has 0 saturated carbocycles. The van der Waals surface area contributed by atoms with Crippen molar-refractivity contribution >= 4 is 17.5 Å². The number of aromatic nitrogens is 2. The van der Waals surface area contributed by atoms with Gasteiger partial charge in [0, 0.05) is 6.54 Å². The van der Waals surface area contributed by atoms with E-state index in [9.17, 15) is 4.79 Å². The lowest BCUT2D eigenvalue weighted by Crippen LogP contribution is -2.32. The molecule has 0 unspecified atom stereocenters. The van der Waals surface area contributed by atoms with E-state index in [2.05, 4.69) is 16.3 Å². The van der Waals surface area contributed by atoms with Crippen LogP contribution in [0.15, 0.2) is 46.9 Å². The van der Waals surface area contributed by atoms with Crippen molar-refractivity contribution in [2.24, 2.45) is 0 Å². The summed E-state index contributed by atoms with van der Waals surface area (Å²) < 4.78 is 11.5.